The predicted octanol–water partition coefficient (Wildman–Crippen LogP) is 2.50. The summed E-state index contributed by atoms with van der Waals surface area (Å²) in [5.74, 6) is 1.61. The highest BCUT2D eigenvalue weighted by Gasteiger charge is 2.25. The third kappa shape index (κ3) is 2.42. The number of nitrogens with zero attached hydrogens (tertiary/aromatic N) is 4. The van der Waals surface area contributed by atoms with E-state index in [1.54, 1.807) is 23.4 Å². The van der Waals surface area contributed by atoms with Crippen molar-refractivity contribution in [1.29, 1.82) is 0 Å². The van der Waals surface area contributed by atoms with Gasteiger partial charge in [0, 0.05) is 18.8 Å². The minimum atomic E-state index is -0.0532. The molecule has 1 aliphatic rings. The van der Waals surface area contributed by atoms with Crippen LogP contribution in [0.15, 0.2) is 47.2 Å². The van der Waals surface area contributed by atoms with E-state index in [0.717, 1.165) is 23.0 Å². The molecule has 0 saturated heterocycles. The fraction of sp³-hybridized carbons (Fsp3) is 0.235. The Kier molecular flexibility index (Phi) is 3.22. The van der Waals surface area contributed by atoms with Gasteiger partial charge in [0.25, 0.3) is 5.91 Å². The van der Waals surface area contributed by atoms with Gasteiger partial charge in [0.15, 0.2) is 5.76 Å². The quantitative estimate of drug-likeness (QED) is 0.729. The lowest BCUT2D eigenvalue weighted by atomic mass is 10.2. The second-order valence-electron chi connectivity index (χ2n) is 5.58. The summed E-state index contributed by atoms with van der Waals surface area (Å²) in [7, 11) is 0. The molecule has 0 spiro atoms. The normalized spacial score (nSPS) is 13.9. The van der Waals surface area contributed by atoms with Gasteiger partial charge in [-0.1, -0.05) is 6.07 Å². The molecule has 0 N–H and O–H groups in total. The number of rotatable bonds is 2. The average Bonchev–Trinajstić information content (AvgIpc) is 3.22. The maximum Gasteiger partial charge on any atom is 0.272 e. The number of aryl methyl sites for hydroxylation is 1. The second-order valence-corrected chi connectivity index (χ2v) is 5.58. The predicted molar refractivity (Wildman–Crippen MR) is 83.6 cm³/mol. The van der Waals surface area contributed by atoms with Crippen molar-refractivity contribution in [2.75, 3.05) is 6.54 Å². The number of furan rings is 1. The molecule has 116 valence electrons. The molecule has 23 heavy (non-hydrogen) atoms. The van der Waals surface area contributed by atoms with Crippen molar-refractivity contribution < 1.29 is 9.21 Å². The molecule has 1 aliphatic heterocycles. The summed E-state index contributed by atoms with van der Waals surface area (Å²) in [6.07, 6.45) is 3.45. The average molecular weight is 308 g/mol. The number of hydrogen-bond acceptors (Lipinski definition) is 4. The summed E-state index contributed by atoms with van der Waals surface area (Å²) in [6.45, 7) is 3.69. The largest absolute Gasteiger partial charge is 0.463 e. The van der Waals surface area contributed by atoms with Gasteiger partial charge in [-0.15, -0.1) is 0 Å². The number of fused-ring (bicyclic) bond motifs is 1. The van der Waals surface area contributed by atoms with Crippen LogP contribution in [0.1, 0.15) is 22.0 Å². The molecule has 6 heteroatoms. The molecule has 0 bridgehead atoms. The number of carbonyl (C=O) groups is 1. The Morgan fingerprint density at radius 2 is 2.13 bits per heavy atom. The minimum Gasteiger partial charge on any atom is -0.463 e. The molecule has 0 saturated carbocycles. The molecular formula is C17H16N4O2. The number of pyridine rings is 1. The van der Waals surface area contributed by atoms with Gasteiger partial charge in [-0.3, -0.25) is 4.79 Å². The first kappa shape index (κ1) is 13.8. The summed E-state index contributed by atoms with van der Waals surface area (Å²) in [6, 6.07) is 9.27. The number of imidazole rings is 1. The maximum absolute atomic E-state index is 12.6. The van der Waals surface area contributed by atoms with E-state index in [0.29, 0.717) is 25.3 Å². The SMILES string of the molecule is Cc1cccc(C(=O)N2CCn3c(-c4ccco4)cnc3C2)n1. The Morgan fingerprint density at radius 1 is 1.22 bits per heavy atom. The number of amides is 1. The van der Waals surface area contributed by atoms with Gasteiger partial charge in [-0.2, -0.15) is 0 Å². The van der Waals surface area contributed by atoms with Crippen molar-refractivity contribution in [2.45, 2.75) is 20.0 Å². The summed E-state index contributed by atoms with van der Waals surface area (Å²) in [4.78, 5) is 23.2. The van der Waals surface area contributed by atoms with Crippen LogP contribution in [0.25, 0.3) is 11.5 Å². The van der Waals surface area contributed by atoms with Crippen LogP contribution in [-0.4, -0.2) is 31.9 Å². The van der Waals surface area contributed by atoms with E-state index in [1.165, 1.54) is 0 Å². The summed E-state index contributed by atoms with van der Waals surface area (Å²) in [5.41, 5.74) is 2.27. The number of carbonyl (C=O) groups excluding carboxylic acids is 1. The third-order valence-electron chi connectivity index (χ3n) is 4.03. The standard InChI is InChI=1S/C17H16N4O2/c1-12-4-2-5-13(19-12)17(22)20-7-8-21-14(10-18-16(21)11-20)15-6-3-9-23-15/h2-6,9-10H,7-8,11H2,1H3. The molecule has 0 unspecified atom stereocenters. The van der Waals surface area contributed by atoms with Gasteiger partial charge in [0.05, 0.1) is 19.0 Å². The topological polar surface area (TPSA) is 64.2 Å². The van der Waals surface area contributed by atoms with E-state index in [4.69, 9.17) is 4.42 Å². The van der Waals surface area contributed by atoms with E-state index < -0.39 is 0 Å². The molecule has 0 aromatic carbocycles. The highest BCUT2D eigenvalue weighted by atomic mass is 16.3. The van der Waals surface area contributed by atoms with Crippen LogP contribution >= 0.6 is 0 Å². The number of hydrogen-bond donors (Lipinski definition) is 0. The van der Waals surface area contributed by atoms with E-state index in [-0.39, 0.29) is 5.91 Å². The zero-order valence-electron chi connectivity index (χ0n) is 12.8. The van der Waals surface area contributed by atoms with Crippen LogP contribution in [0.4, 0.5) is 0 Å². The van der Waals surface area contributed by atoms with Crippen molar-refractivity contribution in [3.05, 3.63) is 60.0 Å². The molecule has 0 aliphatic carbocycles. The summed E-state index contributed by atoms with van der Waals surface area (Å²) < 4.78 is 7.55. The highest BCUT2D eigenvalue weighted by molar-refractivity contribution is 5.92. The molecule has 4 heterocycles. The Bertz CT molecular complexity index is 851. The van der Waals surface area contributed by atoms with E-state index >= 15 is 0 Å². The van der Waals surface area contributed by atoms with Crippen molar-refractivity contribution in [3.63, 3.8) is 0 Å². The highest BCUT2D eigenvalue weighted by Crippen LogP contribution is 2.24. The smallest absolute Gasteiger partial charge is 0.272 e. The first-order chi connectivity index (χ1) is 11.2. The van der Waals surface area contributed by atoms with Crippen molar-refractivity contribution >= 4 is 5.91 Å². The summed E-state index contributed by atoms with van der Waals surface area (Å²) in [5, 5.41) is 0. The fourth-order valence-electron chi connectivity index (χ4n) is 2.88. The lowest BCUT2D eigenvalue weighted by Crippen LogP contribution is -2.39. The molecule has 3 aromatic heterocycles. The minimum absolute atomic E-state index is 0.0532. The van der Waals surface area contributed by atoms with Gasteiger partial charge >= 0.3 is 0 Å². The van der Waals surface area contributed by atoms with Crippen LogP contribution in [-0.2, 0) is 13.1 Å². The van der Waals surface area contributed by atoms with Crippen molar-refractivity contribution in [2.24, 2.45) is 0 Å². The van der Waals surface area contributed by atoms with Gasteiger partial charge < -0.3 is 13.9 Å². The maximum atomic E-state index is 12.6. The first-order valence-corrected chi connectivity index (χ1v) is 7.53. The Hall–Kier alpha value is -2.89. The van der Waals surface area contributed by atoms with Gasteiger partial charge in [-0.05, 0) is 31.2 Å². The Morgan fingerprint density at radius 3 is 2.91 bits per heavy atom. The zero-order valence-corrected chi connectivity index (χ0v) is 12.8. The summed E-state index contributed by atoms with van der Waals surface area (Å²) >= 11 is 0. The number of aromatic nitrogens is 3. The third-order valence-corrected chi connectivity index (χ3v) is 4.03. The van der Waals surface area contributed by atoms with Crippen LogP contribution in [0, 0.1) is 6.92 Å². The molecule has 1 amide bonds. The fourth-order valence-corrected chi connectivity index (χ4v) is 2.88. The van der Waals surface area contributed by atoms with Gasteiger partial charge in [0.1, 0.15) is 17.2 Å². The van der Waals surface area contributed by atoms with Crippen LogP contribution in [0.3, 0.4) is 0 Å². The van der Waals surface area contributed by atoms with Crippen LogP contribution < -0.4 is 0 Å². The van der Waals surface area contributed by atoms with Crippen LogP contribution in [0.2, 0.25) is 0 Å². The zero-order chi connectivity index (χ0) is 15.8. The van der Waals surface area contributed by atoms with E-state index in [9.17, 15) is 4.79 Å². The van der Waals surface area contributed by atoms with Crippen molar-refractivity contribution in [3.8, 4) is 11.5 Å². The Balaban J connectivity index is 1.59. The molecule has 3 aromatic rings. The lowest BCUT2D eigenvalue weighted by Gasteiger charge is -2.28. The molecule has 0 radical (unpaired) electrons. The van der Waals surface area contributed by atoms with Crippen molar-refractivity contribution in [1.82, 2.24) is 19.4 Å². The van der Waals surface area contributed by atoms with E-state index in [1.807, 2.05) is 31.2 Å². The molecule has 6 nitrogen and oxygen atoms in total. The molecule has 0 atom stereocenters. The Labute approximate surface area is 133 Å². The van der Waals surface area contributed by atoms with Gasteiger partial charge in [0.2, 0.25) is 0 Å². The molecule has 0 fully saturated rings. The van der Waals surface area contributed by atoms with Gasteiger partial charge in [-0.25, -0.2) is 9.97 Å². The molecular weight excluding hydrogens is 292 g/mol. The molecule has 4 rings (SSSR count). The van der Waals surface area contributed by atoms with E-state index in [2.05, 4.69) is 14.5 Å². The van der Waals surface area contributed by atoms with Crippen LogP contribution in [0.5, 0.6) is 0 Å². The second kappa shape index (κ2) is 5.39. The lowest BCUT2D eigenvalue weighted by molar-refractivity contribution is 0.0701. The monoisotopic (exact) mass is 308 g/mol. The first-order valence-electron chi connectivity index (χ1n) is 7.53.